The van der Waals surface area contributed by atoms with Crippen molar-refractivity contribution in [1.29, 1.82) is 0 Å². The molecule has 0 saturated carbocycles. The normalized spacial score (nSPS) is 24.5. The lowest BCUT2D eigenvalue weighted by atomic mass is 9.95. The van der Waals surface area contributed by atoms with Crippen molar-refractivity contribution in [1.82, 2.24) is 0 Å². The smallest absolute Gasteiger partial charge is 0.222 e. The van der Waals surface area contributed by atoms with Crippen molar-refractivity contribution < 1.29 is 9.90 Å². The molecular formula is C9H12O2. The molecule has 1 N–H and O–H groups in total. The van der Waals surface area contributed by atoms with Gasteiger partial charge in [-0.15, -0.1) is 0 Å². The molecule has 0 fully saturated rings. The van der Waals surface area contributed by atoms with Crippen LogP contribution in [0.25, 0.3) is 0 Å². The van der Waals surface area contributed by atoms with Gasteiger partial charge in [0.2, 0.25) is 5.78 Å². The molecule has 1 rings (SSSR count). The fourth-order valence-electron chi connectivity index (χ4n) is 1.21. The van der Waals surface area contributed by atoms with Crippen LogP contribution in [-0.4, -0.2) is 10.9 Å². The van der Waals surface area contributed by atoms with Gasteiger partial charge in [-0.25, -0.2) is 0 Å². The maximum atomic E-state index is 11.1. The molecule has 11 heavy (non-hydrogen) atoms. The molecule has 0 aromatic heterocycles. The number of rotatable bonds is 1. The summed E-state index contributed by atoms with van der Waals surface area (Å²) in [5.74, 6) is -0.134. The van der Waals surface area contributed by atoms with E-state index in [0.717, 1.165) is 5.57 Å². The van der Waals surface area contributed by atoms with Gasteiger partial charge < -0.3 is 5.11 Å². The monoisotopic (exact) mass is 152 g/mol. The highest BCUT2D eigenvalue weighted by molar-refractivity contribution is 6.07. The highest BCUT2D eigenvalue weighted by Crippen LogP contribution is 2.19. The molecule has 0 heterocycles. The Kier molecular flexibility index (Phi) is 2.13. The molecule has 1 unspecified atom stereocenters. The van der Waals surface area contributed by atoms with Gasteiger partial charge in [0, 0.05) is 0 Å². The van der Waals surface area contributed by atoms with Gasteiger partial charge in [0.1, 0.15) is 0 Å². The van der Waals surface area contributed by atoms with Gasteiger partial charge in [-0.1, -0.05) is 19.9 Å². The number of aliphatic hydroxyl groups is 1. The van der Waals surface area contributed by atoms with E-state index in [1.54, 1.807) is 6.08 Å². The molecule has 60 valence electrons. The molecule has 0 radical (unpaired) electrons. The lowest BCUT2D eigenvalue weighted by molar-refractivity contribution is -0.114. The van der Waals surface area contributed by atoms with Crippen molar-refractivity contribution in [3.8, 4) is 0 Å². The molecular weight excluding hydrogens is 140 g/mol. The van der Waals surface area contributed by atoms with Crippen LogP contribution in [0, 0.1) is 5.92 Å². The van der Waals surface area contributed by atoms with E-state index >= 15 is 0 Å². The van der Waals surface area contributed by atoms with E-state index in [-0.39, 0.29) is 17.5 Å². The average molecular weight is 152 g/mol. The van der Waals surface area contributed by atoms with Crippen LogP contribution in [0.15, 0.2) is 23.5 Å². The van der Waals surface area contributed by atoms with E-state index in [1.807, 2.05) is 19.9 Å². The van der Waals surface area contributed by atoms with Crippen LogP contribution >= 0.6 is 0 Å². The van der Waals surface area contributed by atoms with E-state index in [1.165, 1.54) is 0 Å². The summed E-state index contributed by atoms with van der Waals surface area (Å²) in [4.78, 5) is 11.1. The van der Waals surface area contributed by atoms with Crippen molar-refractivity contribution in [2.75, 3.05) is 0 Å². The molecule has 0 aliphatic heterocycles. The third kappa shape index (κ3) is 1.50. The molecule has 1 atom stereocenters. The lowest BCUT2D eigenvalue weighted by Gasteiger charge is -2.11. The van der Waals surface area contributed by atoms with Gasteiger partial charge in [0.15, 0.2) is 5.76 Å². The van der Waals surface area contributed by atoms with Gasteiger partial charge in [-0.2, -0.15) is 0 Å². The largest absolute Gasteiger partial charge is 0.504 e. The summed E-state index contributed by atoms with van der Waals surface area (Å²) in [6.07, 6.45) is 4.16. The standard InChI is InChI=1S/C9H12O2/c1-3-7-4-6(2)5-8(10)9(7)11/h4-6,10H,3H2,1-2H3. The predicted molar refractivity (Wildman–Crippen MR) is 43.3 cm³/mol. The highest BCUT2D eigenvalue weighted by Gasteiger charge is 2.18. The number of aliphatic hydroxyl groups excluding tert-OH is 1. The number of carbonyl (C=O) groups is 1. The summed E-state index contributed by atoms with van der Waals surface area (Å²) in [5, 5.41) is 9.12. The van der Waals surface area contributed by atoms with Crippen molar-refractivity contribution in [2.45, 2.75) is 20.3 Å². The van der Waals surface area contributed by atoms with Gasteiger partial charge in [0.25, 0.3) is 0 Å². The number of carbonyl (C=O) groups excluding carboxylic acids is 1. The Labute approximate surface area is 66.2 Å². The van der Waals surface area contributed by atoms with Gasteiger partial charge in [-0.05, 0) is 24.0 Å². The van der Waals surface area contributed by atoms with Gasteiger partial charge >= 0.3 is 0 Å². The van der Waals surface area contributed by atoms with Crippen molar-refractivity contribution >= 4 is 5.78 Å². The Balaban J connectivity index is 2.91. The zero-order chi connectivity index (χ0) is 8.43. The lowest BCUT2D eigenvalue weighted by Crippen LogP contribution is -2.12. The van der Waals surface area contributed by atoms with Crippen LogP contribution in [0.1, 0.15) is 20.3 Å². The summed E-state index contributed by atoms with van der Waals surface area (Å²) < 4.78 is 0. The Morgan fingerprint density at radius 3 is 2.73 bits per heavy atom. The van der Waals surface area contributed by atoms with Crippen molar-refractivity contribution in [3.05, 3.63) is 23.5 Å². The zero-order valence-electron chi connectivity index (χ0n) is 6.79. The first-order chi connectivity index (χ1) is 5.15. The van der Waals surface area contributed by atoms with Crippen LogP contribution in [0.4, 0.5) is 0 Å². The zero-order valence-corrected chi connectivity index (χ0v) is 6.79. The van der Waals surface area contributed by atoms with Crippen LogP contribution < -0.4 is 0 Å². The Bertz CT molecular complexity index is 236. The number of Topliss-reactive ketones (excluding diaryl/α,β-unsaturated/α-hetero) is 1. The van der Waals surface area contributed by atoms with Crippen molar-refractivity contribution in [2.24, 2.45) is 5.92 Å². The molecule has 0 aromatic rings. The summed E-state index contributed by atoms with van der Waals surface area (Å²) in [6, 6.07) is 0. The summed E-state index contributed by atoms with van der Waals surface area (Å²) >= 11 is 0. The van der Waals surface area contributed by atoms with E-state index in [2.05, 4.69) is 0 Å². The molecule has 1 aliphatic carbocycles. The minimum Gasteiger partial charge on any atom is -0.504 e. The van der Waals surface area contributed by atoms with Crippen LogP contribution in [0.2, 0.25) is 0 Å². The Morgan fingerprint density at radius 1 is 1.55 bits per heavy atom. The number of hydrogen-bond acceptors (Lipinski definition) is 2. The maximum Gasteiger partial charge on any atom is 0.222 e. The second-order valence-corrected chi connectivity index (χ2v) is 2.79. The SMILES string of the molecule is CCC1=CC(C)C=C(O)C1=O. The van der Waals surface area contributed by atoms with E-state index in [4.69, 9.17) is 5.11 Å². The first-order valence-electron chi connectivity index (χ1n) is 3.81. The van der Waals surface area contributed by atoms with E-state index in [9.17, 15) is 4.79 Å². The quantitative estimate of drug-likeness (QED) is 0.623. The minimum atomic E-state index is -0.217. The fourth-order valence-corrected chi connectivity index (χ4v) is 1.21. The number of ketones is 1. The average Bonchev–Trinajstić information content (AvgIpc) is 1.96. The summed E-state index contributed by atoms with van der Waals surface area (Å²) in [7, 11) is 0. The Hall–Kier alpha value is -1.05. The molecule has 0 amide bonds. The minimum absolute atomic E-state index is 0.100. The third-order valence-corrected chi connectivity index (χ3v) is 1.79. The van der Waals surface area contributed by atoms with Crippen molar-refractivity contribution in [3.63, 3.8) is 0 Å². The van der Waals surface area contributed by atoms with Crippen LogP contribution in [-0.2, 0) is 4.79 Å². The topological polar surface area (TPSA) is 37.3 Å². The van der Waals surface area contributed by atoms with Gasteiger partial charge in [0.05, 0.1) is 0 Å². The third-order valence-electron chi connectivity index (χ3n) is 1.79. The predicted octanol–water partition coefficient (Wildman–Crippen LogP) is 1.98. The second-order valence-electron chi connectivity index (χ2n) is 2.79. The molecule has 2 nitrogen and oxygen atoms in total. The first-order valence-corrected chi connectivity index (χ1v) is 3.81. The first kappa shape index (κ1) is 8.05. The molecule has 0 saturated heterocycles. The summed E-state index contributed by atoms with van der Waals surface area (Å²) in [5.41, 5.74) is 0.720. The Morgan fingerprint density at radius 2 is 2.18 bits per heavy atom. The molecule has 2 heteroatoms. The number of hydrogen-bond donors (Lipinski definition) is 1. The van der Waals surface area contributed by atoms with Gasteiger partial charge in [-0.3, -0.25) is 4.79 Å². The molecule has 0 bridgehead atoms. The van der Waals surface area contributed by atoms with E-state index < -0.39 is 0 Å². The molecule has 0 spiro atoms. The van der Waals surface area contributed by atoms with E-state index in [0.29, 0.717) is 6.42 Å². The second kappa shape index (κ2) is 2.91. The van der Waals surface area contributed by atoms with Crippen LogP contribution in [0.5, 0.6) is 0 Å². The molecule has 0 aromatic carbocycles. The fraction of sp³-hybridized carbons (Fsp3) is 0.444. The highest BCUT2D eigenvalue weighted by atomic mass is 16.3. The maximum absolute atomic E-state index is 11.1. The summed E-state index contributed by atoms with van der Waals surface area (Å²) in [6.45, 7) is 3.85. The molecule has 1 aliphatic rings. The number of allylic oxidation sites excluding steroid dienone is 3. The van der Waals surface area contributed by atoms with Crippen LogP contribution in [0.3, 0.4) is 0 Å².